The van der Waals surface area contributed by atoms with Gasteiger partial charge < -0.3 is 9.47 Å². The van der Waals surface area contributed by atoms with Crippen LogP contribution in [0.4, 0.5) is 9.18 Å². The SMILES string of the molecule is CCOC(=O)CN1C(=O)S/C(=C/c2cc(I)c(OCc3ccc(F)cc3)c(I)c2)C1=O. The number of ether oxygens (including phenoxy) is 2. The highest BCUT2D eigenvalue weighted by atomic mass is 127. The van der Waals surface area contributed by atoms with E-state index in [4.69, 9.17) is 9.47 Å². The quantitative estimate of drug-likeness (QED) is 0.230. The molecule has 0 atom stereocenters. The van der Waals surface area contributed by atoms with Crippen LogP contribution in [0.5, 0.6) is 5.75 Å². The molecule has 0 aromatic heterocycles. The zero-order chi connectivity index (χ0) is 22.5. The fourth-order valence-corrected chi connectivity index (χ4v) is 5.63. The molecule has 3 rings (SSSR count). The Morgan fingerprint density at radius 1 is 1.16 bits per heavy atom. The second-order valence-electron chi connectivity index (χ2n) is 6.30. The summed E-state index contributed by atoms with van der Waals surface area (Å²) in [6.45, 7) is 1.72. The molecule has 0 radical (unpaired) electrons. The normalized spacial score (nSPS) is 15.0. The van der Waals surface area contributed by atoms with Gasteiger partial charge in [0.1, 0.15) is 24.7 Å². The third-order valence-corrected chi connectivity index (χ3v) is 6.59. The summed E-state index contributed by atoms with van der Waals surface area (Å²) in [6.07, 6.45) is 1.62. The zero-order valence-corrected chi connectivity index (χ0v) is 21.3. The number of rotatable bonds is 7. The zero-order valence-electron chi connectivity index (χ0n) is 16.2. The van der Waals surface area contributed by atoms with Crippen molar-refractivity contribution in [3.05, 3.63) is 65.4 Å². The number of halogens is 3. The van der Waals surface area contributed by atoms with Crippen molar-refractivity contribution >= 4 is 80.1 Å². The van der Waals surface area contributed by atoms with Crippen LogP contribution in [-0.2, 0) is 20.9 Å². The van der Waals surface area contributed by atoms with Gasteiger partial charge in [0, 0.05) is 0 Å². The van der Waals surface area contributed by atoms with E-state index in [2.05, 4.69) is 45.2 Å². The summed E-state index contributed by atoms with van der Waals surface area (Å²) >= 11 is 5.06. The predicted octanol–water partition coefficient (Wildman–Crippen LogP) is 5.21. The molecule has 2 amide bonds. The van der Waals surface area contributed by atoms with Crippen molar-refractivity contribution in [3.8, 4) is 5.75 Å². The topological polar surface area (TPSA) is 72.9 Å². The van der Waals surface area contributed by atoms with Gasteiger partial charge >= 0.3 is 5.97 Å². The van der Waals surface area contributed by atoms with Gasteiger partial charge in [-0.1, -0.05) is 12.1 Å². The van der Waals surface area contributed by atoms with Gasteiger partial charge in [0.15, 0.2) is 0 Å². The van der Waals surface area contributed by atoms with E-state index in [9.17, 15) is 18.8 Å². The van der Waals surface area contributed by atoms with E-state index < -0.39 is 23.7 Å². The van der Waals surface area contributed by atoms with Crippen LogP contribution in [0.15, 0.2) is 41.3 Å². The molecular formula is C21H16FI2NO5S. The summed E-state index contributed by atoms with van der Waals surface area (Å²) in [5.41, 5.74) is 1.57. The van der Waals surface area contributed by atoms with Gasteiger partial charge in [-0.15, -0.1) is 0 Å². The molecule has 1 aliphatic rings. The molecule has 1 aliphatic heterocycles. The highest BCUT2D eigenvalue weighted by molar-refractivity contribution is 14.1. The van der Waals surface area contributed by atoms with Gasteiger partial charge in [0.25, 0.3) is 11.1 Å². The summed E-state index contributed by atoms with van der Waals surface area (Å²) in [4.78, 5) is 37.4. The molecule has 0 N–H and O–H groups in total. The number of hydrogen-bond acceptors (Lipinski definition) is 6. The first kappa shape index (κ1) is 24.0. The minimum atomic E-state index is -0.627. The van der Waals surface area contributed by atoms with Crippen LogP contribution in [0.3, 0.4) is 0 Å². The van der Waals surface area contributed by atoms with Gasteiger partial charge in [-0.05, 0) is 105 Å². The molecular weight excluding hydrogens is 651 g/mol. The maximum Gasteiger partial charge on any atom is 0.326 e. The standard InChI is InChI=1S/C21H16FI2NO5S/c1-2-29-18(26)10-25-20(27)17(31-21(25)28)9-13-7-15(23)19(16(24)8-13)30-11-12-3-5-14(22)6-4-12/h3-9H,2,10-11H2,1H3/b17-9+. The number of hydrogen-bond donors (Lipinski definition) is 0. The van der Waals surface area contributed by atoms with Crippen LogP contribution < -0.4 is 4.74 Å². The lowest BCUT2D eigenvalue weighted by Crippen LogP contribution is -2.34. The van der Waals surface area contributed by atoms with E-state index >= 15 is 0 Å². The van der Waals surface area contributed by atoms with Crippen molar-refractivity contribution in [2.24, 2.45) is 0 Å². The summed E-state index contributed by atoms with van der Waals surface area (Å²) in [6, 6.07) is 9.76. The first-order valence-electron chi connectivity index (χ1n) is 9.05. The van der Waals surface area contributed by atoms with E-state index in [0.29, 0.717) is 12.4 Å². The number of carbonyl (C=O) groups excluding carboxylic acids is 3. The van der Waals surface area contributed by atoms with Crippen LogP contribution in [0.2, 0.25) is 0 Å². The molecule has 0 aliphatic carbocycles. The summed E-state index contributed by atoms with van der Waals surface area (Å²) in [5.74, 6) is -0.774. The van der Waals surface area contributed by atoms with Crippen LogP contribution >= 0.6 is 56.9 Å². The minimum absolute atomic E-state index is 0.178. The van der Waals surface area contributed by atoms with E-state index in [1.54, 1.807) is 25.1 Å². The number of carbonyl (C=O) groups is 3. The van der Waals surface area contributed by atoms with Crippen LogP contribution in [0.1, 0.15) is 18.1 Å². The van der Waals surface area contributed by atoms with Gasteiger partial charge in [0.2, 0.25) is 0 Å². The largest absolute Gasteiger partial charge is 0.487 e. The molecule has 0 unspecified atom stereocenters. The van der Waals surface area contributed by atoms with Crippen molar-refractivity contribution in [2.75, 3.05) is 13.2 Å². The van der Waals surface area contributed by atoms with E-state index in [0.717, 1.165) is 34.9 Å². The Labute approximate surface area is 209 Å². The van der Waals surface area contributed by atoms with E-state index in [-0.39, 0.29) is 17.3 Å². The molecule has 6 nitrogen and oxygen atoms in total. The third-order valence-electron chi connectivity index (χ3n) is 4.08. The Hall–Kier alpha value is -1.67. The number of esters is 1. The maximum atomic E-state index is 13.0. The van der Waals surface area contributed by atoms with Crippen molar-refractivity contribution < 1.29 is 28.2 Å². The Kier molecular flexibility index (Phi) is 8.33. The van der Waals surface area contributed by atoms with Crippen molar-refractivity contribution in [1.82, 2.24) is 4.90 Å². The average Bonchev–Trinajstić information content (AvgIpc) is 2.96. The maximum absolute atomic E-state index is 13.0. The van der Waals surface area contributed by atoms with Crippen molar-refractivity contribution in [1.29, 1.82) is 0 Å². The van der Waals surface area contributed by atoms with Crippen LogP contribution in [-0.4, -0.2) is 35.2 Å². The lowest BCUT2D eigenvalue weighted by Gasteiger charge is -2.12. The number of thioether (sulfide) groups is 1. The molecule has 0 spiro atoms. The average molecular weight is 667 g/mol. The highest BCUT2D eigenvalue weighted by Gasteiger charge is 2.36. The molecule has 0 bridgehead atoms. The van der Waals surface area contributed by atoms with Gasteiger partial charge in [-0.25, -0.2) is 4.39 Å². The Morgan fingerprint density at radius 2 is 1.81 bits per heavy atom. The molecule has 31 heavy (non-hydrogen) atoms. The Bertz CT molecular complexity index is 1040. The number of amides is 2. The lowest BCUT2D eigenvalue weighted by atomic mass is 10.2. The number of imide groups is 1. The molecule has 1 saturated heterocycles. The summed E-state index contributed by atoms with van der Waals surface area (Å²) in [5, 5.41) is -0.507. The first-order valence-corrected chi connectivity index (χ1v) is 12.0. The third kappa shape index (κ3) is 6.19. The molecule has 2 aromatic carbocycles. The van der Waals surface area contributed by atoms with E-state index in [1.165, 1.54) is 12.1 Å². The fourth-order valence-electron chi connectivity index (χ4n) is 2.66. The Balaban J connectivity index is 1.74. The first-order chi connectivity index (χ1) is 14.8. The smallest absolute Gasteiger partial charge is 0.326 e. The van der Waals surface area contributed by atoms with Gasteiger partial charge in [-0.2, -0.15) is 0 Å². The molecule has 0 saturated carbocycles. The number of benzene rings is 2. The highest BCUT2D eigenvalue weighted by Crippen LogP contribution is 2.35. The Morgan fingerprint density at radius 3 is 2.42 bits per heavy atom. The van der Waals surface area contributed by atoms with Crippen molar-refractivity contribution in [3.63, 3.8) is 0 Å². The summed E-state index contributed by atoms with van der Waals surface area (Å²) < 4.78 is 25.4. The molecule has 1 heterocycles. The van der Waals surface area contributed by atoms with Gasteiger partial charge in [0.05, 0.1) is 18.7 Å². The second-order valence-corrected chi connectivity index (χ2v) is 9.62. The fraction of sp³-hybridized carbons (Fsp3) is 0.190. The van der Waals surface area contributed by atoms with Gasteiger partial charge in [-0.3, -0.25) is 19.3 Å². The second kappa shape index (κ2) is 10.8. The number of nitrogens with zero attached hydrogens (tertiary/aromatic N) is 1. The molecule has 10 heteroatoms. The van der Waals surface area contributed by atoms with Crippen LogP contribution in [0.25, 0.3) is 6.08 Å². The molecule has 162 valence electrons. The monoisotopic (exact) mass is 667 g/mol. The minimum Gasteiger partial charge on any atom is -0.487 e. The molecule has 1 fully saturated rings. The lowest BCUT2D eigenvalue weighted by molar-refractivity contribution is -0.145. The van der Waals surface area contributed by atoms with Crippen LogP contribution in [0, 0.1) is 13.0 Å². The predicted molar refractivity (Wildman–Crippen MR) is 132 cm³/mol. The van der Waals surface area contributed by atoms with E-state index in [1.807, 2.05) is 12.1 Å². The van der Waals surface area contributed by atoms with Crippen molar-refractivity contribution in [2.45, 2.75) is 13.5 Å². The molecule has 2 aromatic rings. The summed E-state index contributed by atoms with van der Waals surface area (Å²) in [7, 11) is 0.